The predicted octanol–water partition coefficient (Wildman–Crippen LogP) is 15.5. The number of hydrogen-bond acceptors (Lipinski definition) is 5. The second-order valence-corrected chi connectivity index (χ2v) is 17.8. The molecule has 0 heterocycles. The van der Waals surface area contributed by atoms with Crippen molar-refractivity contribution in [3.05, 3.63) is 24.3 Å². The number of aliphatic hydroxyl groups is 2. The van der Waals surface area contributed by atoms with Gasteiger partial charge in [-0.3, -0.25) is 9.59 Å². The van der Waals surface area contributed by atoms with Crippen molar-refractivity contribution in [1.82, 2.24) is 5.32 Å². The molecule has 0 rings (SSSR count). The van der Waals surface area contributed by atoms with Crippen LogP contribution in [-0.2, 0) is 14.3 Å². The Morgan fingerprint density at radius 1 is 0.458 bits per heavy atom. The van der Waals surface area contributed by atoms with Gasteiger partial charge in [0.1, 0.15) is 0 Å². The van der Waals surface area contributed by atoms with Crippen molar-refractivity contribution in [1.29, 1.82) is 0 Å². The Bertz CT molecular complexity index is 920. The van der Waals surface area contributed by atoms with Gasteiger partial charge in [-0.05, 0) is 77.0 Å². The predicted molar refractivity (Wildman–Crippen MR) is 255 cm³/mol. The fraction of sp³-hybridized carbons (Fsp3) is 0.887. The molecule has 0 spiro atoms. The zero-order valence-corrected chi connectivity index (χ0v) is 39.5. The lowest BCUT2D eigenvalue weighted by atomic mass is 10.0. The summed E-state index contributed by atoms with van der Waals surface area (Å²) in [5.41, 5.74) is 0. The molecule has 0 saturated carbocycles. The molecule has 2 unspecified atom stereocenters. The highest BCUT2D eigenvalue weighted by Gasteiger charge is 2.20. The van der Waals surface area contributed by atoms with Crippen LogP contribution in [0.4, 0.5) is 0 Å². The molecule has 1 amide bonds. The topological polar surface area (TPSA) is 95.9 Å². The number of rotatable bonds is 48. The molecule has 0 aromatic carbocycles. The Morgan fingerprint density at radius 2 is 0.797 bits per heavy atom. The highest BCUT2D eigenvalue weighted by molar-refractivity contribution is 5.76. The lowest BCUT2D eigenvalue weighted by molar-refractivity contribution is -0.143. The maximum atomic E-state index is 12.5. The lowest BCUT2D eigenvalue weighted by Gasteiger charge is -2.22. The first kappa shape index (κ1) is 57.3. The first-order valence-electron chi connectivity index (χ1n) is 26.1. The van der Waals surface area contributed by atoms with Gasteiger partial charge < -0.3 is 20.3 Å². The Kier molecular flexibility index (Phi) is 47.6. The van der Waals surface area contributed by atoms with Gasteiger partial charge in [-0.25, -0.2) is 0 Å². The number of amides is 1. The number of hydrogen-bond donors (Lipinski definition) is 3. The van der Waals surface area contributed by atoms with Crippen LogP contribution < -0.4 is 5.32 Å². The highest BCUT2D eigenvalue weighted by Crippen LogP contribution is 2.16. The first-order valence-corrected chi connectivity index (χ1v) is 26.1. The van der Waals surface area contributed by atoms with Gasteiger partial charge >= 0.3 is 5.97 Å². The van der Waals surface area contributed by atoms with Crippen LogP contribution in [0.15, 0.2) is 24.3 Å². The molecular formula is C53H101NO5. The fourth-order valence-corrected chi connectivity index (χ4v) is 7.92. The van der Waals surface area contributed by atoms with Crippen LogP contribution in [0.3, 0.4) is 0 Å². The van der Waals surface area contributed by atoms with E-state index in [0.29, 0.717) is 25.9 Å². The van der Waals surface area contributed by atoms with E-state index in [9.17, 15) is 19.8 Å². The monoisotopic (exact) mass is 832 g/mol. The largest absolute Gasteiger partial charge is 0.466 e. The number of esters is 1. The molecule has 3 N–H and O–H groups in total. The van der Waals surface area contributed by atoms with E-state index in [1.54, 1.807) is 0 Å². The molecule has 0 aliphatic carbocycles. The maximum absolute atomic E-state index is 12.5. The molecule has 0 aliphatic heterocycles. The summed E-state index contributed by atoms with van der Waals surface area (Å²) in [5, 5.41) is 23.2. The molecule has 0 aliphatic rings. The van der Waals surface area contributed by atoms with Crippen LogP contribution in [0.2, 0.25) is 0 Å². The molecule has 0 aromatic heterocycles. The number of unbranched alkanes of at least 4 members (excludes halogenated alkanes) is 33. The van der Waals surface area contributed by atoms with Crippen molar-refractivity contribution in [2.45, 2.75) is 289 Å². The van der Waals surface area contributed by atoms with Gasteiger partial charge in [0.2, 0.25) is 5.91 Å². The van der Waals surface area contributed by atoms with Gasteiger partial charge in [-0.2, -0.15) is 0 Å². The number of carbonyl (C=O) groups excluding carboxylic acids is 2. The van der Waals surface area contributed by atoms with E-state index in [0.717, 1.165) is 77.0 Å². The van der Waals surface area contributed by atoms with Gasteiger partial charge in [-0.1, -0.05) is 212 Å². The SMILES string of the molecule is CCCCCCC/C=C\CCCCCCCC(=O)OCCCC/C=C\CCCCCCC(=O)NC(CO)C(O)CCCCCCCCCCCCCCCCCCCC. The number of aliphatic hydroxyl groups excluding tert-OH is 2. The zero-order valence-electron chi connectivity index (χ0n) is 39.5. The molecule has 0 fully saturated rings. The summed E-state index contributed by atoms with van der Waals surface area (Å²) in [5.74, 6) is -0.115. The number of ether oxygens (including phenoxy) is 1. The molecule has 0 bridgehead atoms. The molecule has 6 nitrogen and oxygen atoms in total. The van der Waals surface area contributed by atoms with E-state index in [1.165, 1.54) is 167 Å². The number of carbonyl (C=O) groups is 2. The summed E-state index contributed by atoms with van der Waals surface area (Å²) in [6.07, 6.45) is 57.2. The maximum Gasteiger partial charge on any atom is 0.305 e. The van der Waals surface area contributed by atoms with Crippen molar-refractivity contribution in [3.8, 4) is 0 Å². The first-order chi connectivity index (χ1) is 29.0. The molecule has 0 saturated heterocycles. The van der Waals surface area contributed by atoms with Crippen LogP contribution in [0, 0.1) is 0 Å². The quantitative estimate of drug-likeness (QED) is 0.0322. The third-order valence-electron chi connectivity index (χ3n) is 12.0. The minimum absolute atomic E-state index is 0.0447. The van der Waals surface area contributed by atoms with E-state index < -0.39 is 12.1 Å². The van der Waals surface area contributed by atoms with Crippen molar-refractivity contribution >= 4 is 11.9 Å². The Morgan fingerprint density at radius 3 is 1.20 bits per heavy atom. The Hall–Kier alpha value is -1.66. The number of allylic oxidation sites excluding steroid dienone is 4. The molecule has 2 atom stereocenters. The third kappa shape index (κ3) is 45.7. The normalized spacial score (nSPS) is 12.8. The Labute approximate surface area is 367 Å². The molecule has 0 aromatic rings. The summed E-state index contributed by atoms with van der Waals surface area (Å²) in [7, 11) is 0. The minimum atomic E-state index is -0.686. The van der Waals surface area contributed by atoms with Crippen LogP contribution in [0.25, 0.3) is 0 Å². The summed E-state index contributed by atoms with van der Waals surface area (Å²) < 4.78 is 5.42. The third-order valence-corrected chi connectivity index (χ3v) is 12.0. The van der Waals surface area contributed by atoms with E-state index in [2.05, 4.69) is 43.5 Å². The molecule has 59 heavy (non-hydrogen) atoms. The van der Waals surface area contributed by atoms with Crippen LogP contribution in [-0.4, -0.2) is 47.4 Å². The van der Waals surface area contributed by atoms with Gasteiger partial charge in [0.05, 0.1) is 25.4 Å². The summed E-state index contributed by atoms with van der Waals surface area (Å²) >= 11 is 0. The van der Waals surface area contributed by atoms with Crippen LogP contribution >= 0.6 is 0 Å². The standard InChI is InChI=1S/C53H101NO5/c1-3-5-7-9-11-13-15-17-19-20-21-22-23-25-29-33-37-41-45-51(56)50(49-55)54-52(57)46-42-38-34-30-27-28-32-36-40-44-48-59-53(58)47-43-39-35-31-26-24-18-16-14-12-10-8-6-4-2/h16,18,28,32,50-51,55-56H,3-15,17,19-27,29-31,33-49H2,1-2H3,(H,54,57)/b18-16-,32-28-. The van der Waals surface area contributed by atoms with Crippen molar-refractivity contribution in [2.24, 2.45) is 0 Å². The molecule has 348 valence electrons. The van der Waals surface area contributed by atoms with Gasteiger partial charge in [0.25, 0.3) is 0 Å². The van der Waals surface area contributed by atoms with Gasteiger partial charge in [0.15, 0.2) is 0 Å². The van der Waals surface area contributed by atoms with Crippen molar-refractivity contribution in [3.63, 3.8) is 0 Å². The minimum Gasteiger partial charge on any atom is -0.466 e. The van der Waals surface area contributed by atoms with Crippen LogP contribution in [0.5, 0.6) is 0 Å². The van der Waals surface area contributed by atoms with Crippen molar-refractivity contribution in [2.75, 3.05) is 13.2 Å². The van der Waals surface area contributed by atoms with Crippen molar-refractivity contribution < 1.29 is 24.5 Å². The summed E-state index contributed by atoms with van der Waals surface area (Å²) in [6, 6.07) is -0.567. The van der Waals surface area contributed by atoms with Crippen LogP contribution in [0.1, 0.15) is 277 Å². The lowest BCUT2D eigenvalue weighted by Crippen LogP contribution is -2.45. The fourth-order valence-electron chi connectivity index (χ4n) is 7.92. The van der Waals surface area contributed by atoms with E-state index >= 15 is 0 Å². The smallest absolute Gasteiger partial charge is 0.305 e. The van der Waals surface area contributed by atoms with E-state index in [-0.39, 0.29) is 18.5 Å². The van der Waals surface area contributed by atoms with E-state index in [1.807, 2.05) is 0 Å². The number of nitrogens with one attached hydrogen (secondary N) is 1. The summed E-state index contributed by atoms with van der Waals surface area (Å²) in [4.78, 5) is 24.5. The van der Waals surface area contributed by atoms with Gasteiger partial charge in [0, 0.05) is 12.8 Å². The average molecular weight is 832 g/mol. The second-order valence-electron chi connectivity index (χ2n) is 17.8. The Balaban J connectivity index is 3.53. The molecule has 0 radical (unpaired) electrons. The molecule has 6 heteroatoms. The average Bonchev–Trinajstić information content (AvgIpc) is 3.24. The summed E-state index contributed by atoms with van der Waals surface area (Å²) in [6.45, 7) is 4.86. The second kappa shape index (κ2) is 49.0. The zero-order chi connectivity index (χ0) is 43.0. The van der Waals surface area contributed by atoms with E-state index in [4.69, 9.17) is 4.74 Å². The highest BCUT2D eigenvalue weighted by atomic mass is 16.5. The molecular weight excluding hydrogens is 731 g/mol. The van der Waals surface area contributed by atoms with Gasteiger partial charge in [-0.15, -0.1) is 0 Å².